The van der Waals surface area contributed by atoms with Crippen LogP contribution in [-0.2, 0) is 0 Å². The number of anilines is 1. The zero-order chi connectivity index (χ0) is 18.4. The fourth-order valence-corrected chi connectivity index (χ4v) is 3.04. The van der Waals surface area contributed by atoms with E-state index in [-0.39, 0.29) is 6.03 Å². The molecule has 1 aliphatic rings. The normalized spacial score (nSPS) is 14.9. The van der Waals surface area contributed by atoms with E-state index in [1.54, 1.807) is 24.3 Å². The Balaban J connectivity index is 1.39. The zero-order valence-electron chi connectivity index (χ0n) is 15.0. The minimum absolute atomic E-state index is 0.0665. The minimum atomic E-state index is -0.0665. The molecule has 0 atom stereocenters. The first-order valence-corrected chi connectivity index (χ1v) is 9.22. The second kappa shape index (κ2) is 8.92. The maximum Gasteiger partial charge on any atom is 0.321 e. The number of nitrogens with one attached hydrogen (secondary N) is 1. The monoisotopic (exact) mass is 373 g/mol. The topological polar surface area (TPSA) is 44.8 Å². The van der Waals surface area contributed by atoms with Crippen LogP contribution in [0.4, 0.5) is 10.5 Å². The van der Waals surface area contributed by atoms with Gasteiger partial charge in [-0.3, -0.25) is 4.90 Å². The van der Waals surface area contributed by atoms with Crippen molar-refractivity contribution in [1.82, 2.24) is 9.80 Å². The molecule has 5 nitrogen and oxygen atoms in total. The fraction of sp³-hybridized carbons (Fsp3) is 0.350. The molecule has 2 aromatic carbocycles. The fourth-order valence-electron chi connectivity index (χ4n) is 2.91. The van der Waals surface area contributed by atoms with Crippen molar-refractivity contribution >= 4 is 23.3 Å². The number of halogens is 1. The third-order valence-corrected chi connectivity index (χ3v) is 4.77. The molecule has 1 N–H and O–H groups in total. The van der Waals surface area contributed by atoms with Crippen LogP contribution in [0.5, 0.6) is 5.75 Å². The summed E-state index contributed by atoms with van der Waals surface area (Å²) in [6.07, 6.45) is 0. The number of urea groups is 1. The van der Waals surface area contributed by atoms with Gasteiger partial charge in [-0.05, 0) is 42.8 Å². The van der Waals surface area contributed by atoms with Crippen molar-refractivity contribution in [3.05, 3.63) is 59.1 Å². The van der Waals surface area contributed by atoms with Gasteiger partial charge in [-0.2, -0.15) is 0 Å². The van der Waals surface area contributed by atoms with Crippen LogP contribution in [0.25, 0.3) is 0 Å². The van der Waals surface area contributed by atoms with Crippen molar-refractivity contribution in [3.63, 3.8) is 0 Å². The van der Waals surface area contributed by atoms with Gasteiger partial charge in [0, 0.05) is 43.4 Å². The smallest absolute Gasteiger partial charge is 0.321 e. The second-order valence-corrected chi connectivity index (χ2v) is 6.82. The molecule has 0 unspecified atom stereocenters. The lowest BCUT2D eigenvalue weighted by Crippen LogP contribution is -2.50. The standard InChI is InChI=1S/C20H24ClN3O2/c1-16-4-2-3-5-19(16)26-15-14-23-10-12-24(13-11-23)20(25)22-18-8-6-17(21)7-9-18/h2-9H,10-15H2,1H3,(H,22,25). The Hall–Kier alpha value is -2.24. The lowest BCUT2D eigenvalue weighted by molar-refractivity contribution is 0.132. The summed E-state index contributed by atoms with van der Waals surface area (Å²) in [6, 6.07) is 15.1. The highest BCUT2D eigenvalue weighted by atomic mass is 35.5. The molecule has 26 heavy (non-hydrogen) atoms. The molecule has 3 rings (SSSR count). The van der Waals surface area contributed by atoms with Crippen LogP contribution in [-0.4, -0.2) is 55.2 Å². The van der Waals surface area contributed by atoms with E-state index in [0.29, 0.717) is 24.7 Å². The number of ether oxygens (including phenoxy) is 1. The summed E-state index contributed by atoms with van der Waals surface area (Å²) in [6.45, 7) is 6.69. The molecule has 138 valence electrons. The largest absolute Gasteiger partial charge is 0.492 e. The highest BCUT2D eigenvalue weighted by molar-refractivity contribution is 6.30. The summed E-state index contributed by atoms with van der Waals surface area (Å²) in [5.74, 6) is 0.938. The first kappa shape index (κ1) is 18.5. The van der Waals surface area contributed by atoms with Gasteiger partial charge >= 0.3 is 6.03 Å². The van der Waals surface area contributed by atoms with Gasteiger partial charge in [0.05, 0.1) is 0 Å². The van der Waals surface area contributed by atoms with Crippen LogP contribution in [0, 0.1) is 6.92 Å². The number of nitrogens with zero attached hydrogens (tertiary/aromatic N) is 2. The van der Waals surface area contributed by atoms with Crippen molar-refractivity contribution in [2.75, 3.05) is 44.6 Å². The van der Waals surface area contributed by atoms with E-state index in [0.717, 1.165) is 36.6 Å². The predicted octanol–water partition coefficient (Wildman–Crippen LogP) is 3.88. The van der Waals surface area contributed by atoms with Gasteiger partial charge in [-0.15, -0.1) is 0 Å². The molecule has 6 heteroatoms. The van der Waals surface area contributed by atoms with Gasteiger partial charge in [0.2, 0.25) is 0 Å². The van der Waals surface area contributed by atoms with Crippen LogP contribution in [0.3, 0.4) is 0 Å². The number of amides is 2. The molecular weight excluding hydrogens is 350 g/mol. The average molecular weight is 374 g/mol. The molecular formula is C20H24ClN3O2. The predicted molar refractivity (Wildman–Crippen MR) is 105 cm³/mol. The lowest BCUT2D eigenvalue weighted by Gasteiger charge is -2.34. The van der Waals surface area contributed by atoms with Crippen LogP contribution >= 0.6 is 11.6 Å². The summed E-state index contributed by atoms with van der Waals surface area (Å²) < 4.78 is 5.86. The Kier molecular flexibility index (Phi) is 6.36. The van der Waals surface area contributed by atoms with Crippen molar-refractivity contribution < 1.29 is 9.53 Å². The van der Waals surface area contributed by atoms with Gasteiger partial charge in [0.15, 0.2) is 0 Å². The average Bonchev–Trinajstić information content (AvgIpc) is 2.66. The maximum atomic E-state index is 12.3. The Morgan fingerprint density at radius 1 is 1.08 bits per heavy atom. The Bertz CT molecular complexity index is 728. The molecule has 2 amide bonds. The van der Waals surface area contributed by atoms with Crippen LogP contribution in [0.15, 0.2) is 48.5 Å². The second-order valence-electron chi connectivity index (χ2n) is 6.38. The minimum Gasteiger partial charge on any atom is -0.492 e. The molecule has 1 heterocycles. The molecule has 2 aromatic rings. The highest BCUT2D eigenvalue weighted by Gasteiger charge is 2.21. The van der Waals surface area contributed by atoms with E-state index in [1.165, 1.54) is 0 Å². The molecule has 1 fully saturated rings. The van der Waals surface area contributed by atoms with Gasteiger partial charge in [-0.25, -0.2) is 4.79 Å². The van der Waals surface area contributed by atoms with Gasteiger partial charge in [0.1, 0.15) is 12.4 Å². The van der Waals surface area contributed by atoms with Crippen molar-refractivity contribution in [3.8, 4) is 5.75 Å². The summed E-state index contributed by atoms with van der Waals surface area (Å²) in [5, 5.41) is 3.57. The van der Waals surface area contributed by atoms with Crippen molar-refractivity contribution in [2.24, 2.45) is 0 Å². The van der Waals surface area contributed by atoms with Gasteiger partial charge in [0.25, 0.3) is 0 Å². The Labute approximate surface area is 159 Å². The van der Waals surface area contributed by atoms with E-state index >= 15 is 0 Å². The maximum absolute atomic E-state index is 12.3. The van der Waals surface area contributed by atoms with E-state index in [2.05, 4.69) is 10.2 Å². The number of carbonyl (C=O) groups is 1. The zero-order valence-corrected chi connectivity index (χ0v) is 15.7. The number of carbonyl (C=O) groups excluding carboxylic acids is 1. The third kappa shape index (κ3) is 5.13. The first-order chi connectivity index (χ1) is 12.6. The Morgan fingerprint density at radius 3 is 2.46 bits per heavy atom. The summed E-state index contributed by atoms with van der Waals surface area (Å²) >= 11 is 5.86. The van der Waals surface area contributed by atoms with E-state index in [9.17, 15) is 4.79 Å². The molecule has 0 aromatic heterocycles. The number of hydrogen-bond acceptors (Lipinski definition) is 3. The van der Waals surface area contributed by atoms with Gasteiger partial charge < -0.3 is 15.0 Å². The lowest BCUT2D eigenvalue weighted by atomic mass is 10.2. The number of aryl methyl sites for hydroxylation is 1. The quantitative estimate of drug-likeness (QED) is 0.865. The molecule has 1 saturated heterocycles. The van der Waals surface area contributed by atoms with Crippen LogP contribution in [0.1, 0.15) is 5.56 Å². The SMILES string of the molecule is Cc1ccccc1OCCN1CCN(C(=O)Nc2ccc(Cl)cc2)CC1. The first-order valence-electron chi connectivity index (χ1n) is 8.84. The Morgan fingerprint density at radius 2 is 1.77 bits per heavy atom. The molecule has 0 aliphatic carbocycles. The van der Waals surface area contributed by atoms with Gasteiger partial charge in [-0.1, -0.05) is 29.8 Å². The molecule has 0 spiro atoms. The van der Waals surface area contributed by atoms with Crippen molar-refractivity contribution in [1.29, 1.82) is 0 Å². The highest BCUT2D eigenvalue weighted by Crippen LogP contribution is 2.16. The number of rotatable bonds is 5. The summed E-state index contributed by atoms with van der Waals surface area (Å²) in [5.41, 5.74) is 1.91. The van der Waals surface area contributed by atoms with E-state index in [4.69, 9.17) is 16.3 Å². The third-order valence-electron chi connectivity index (χ3n) is 4.51. The number of para-hydroxylation sites is 1. The molecule has 0 bridgehead atoms. The van der Waals surface area contributed by atoms with Crippen molar-refractivity contribution in [2.45, 2.75) is 6.92 Å². The van der Waals surface area contributed by atoms with E-state index in [1.807, 2.05) is 36.1 Å². The molecule has 0 radical (unpaired) electrons. The summed E-state index contributed by atoms with van der Waals surface area (Å²) in [4.78, 5) is 16.5. The van der Waals surface area contributed by atoms with E-state index < -0.39 is 0 Å². The molecule has 1 aliphatic heterocycles. The number of piperazine rings is 1. The molecule has 0 saturated carbocycles. The number of hydrogen-bond donors (Lipinski definition) is 1. The number of benzene rings is 2. The van der Waals surface area contributed by atoms with Crippen LogP contribution < -0.4 is 10.1 Å². The summed E-state index contributed by atoms with van der Waals surface area (Å²) in [7, 11) is 0. The van der Waals surface area contributed by atoms with Crippen LogP contribution in [0.2, 0.25) is 5.02 Å².